The lowest BCUT2D eigenvalue weighted by Gasteiger charge is -2.08. The first-order valence-corrected chi connectivity index (χ1v) is 10.5. The molecule has 8 heteroatoms. The van der Waals surface area contributed by atoms with E-state index in [9.17, 15) is 9.90 Å². The van der Waals surface area contributed by atoms with Crippen molar-refractivity contribution < 1.29 is 9.90 Å². The number of aromatic hydroxyl groups is 1. The van der Waals surface area contributed by atoms with Gasteiger partial charge in [0.05, 0.1) is 20.9 Å². The minimum atomic E-state index is -0.182. The van der Waals surface area contributed by atoms with Crippen LogP contribution < -0.4 is 5.43 Å². The van der Waals surface area contributed by atoms with Gasteiger partial charge in [-0.15, -0.1) is 11.8 Å². The van der Waals surface area contributed by atoms with E-state index in [-0.39, 0.29) is 17.4 Å². The van der Waals surface area contributed by atoms with E-state index < -0.39 is 0 Å². The van der Waals surface area contributed by atoms with E-state index in [0.717, 1.165) is 26.1 Å². The minimum Gasteiger partial charge on any atom is -0.506 e. The summed E-state index contributed by atoms with van der Waals surface area (Å²) in [5.74, 6) is 0.221. The molecular formula is C17H15Br3N2O2S. The number of carbonyl (C=O) groups excluding carboxylic acids is 1. The number of thioether (sulfide) groups is 1. The van der Waals surface area contributed by atoms with Crippen molar-refractivity contribution in [1.82, 2.24) is 5.43 Å². The molecule has 0 bridgehead atoms. The van der Waals surface area contributed by atoms with Gasteiger partial charge in [0, 0.05) is 9.37 Å². The van der Waals surface area contributed by atoms with Crippen LogP contribution in [-0.2, 0) is 4.79 Å². The summed E-state index contributed by atoms with van der Waals surface area (Å²) in [6.45, 7) is 4.04. The Kier molecular flexibility index (Phi) is 7.54. The zero-order valence-corrected chi connectivity index (χ0v) is 19.0. The fourth-order valence-corrected chi connectivity index (χ4v) is 4.50. The van der Waals surface area contributed by atoms with Crippen molar-refractivity contribution in [2.75, 3.05) is 5.75 Å². The summed E-state index contributed by atoms with van der Waals surface area (Å²) in [7, 11) is 0. The van der Waals surface area contributed by atoms with Gasteiger partial charge in [0.15, 0.2) is 0 Å². The Morgan fingerprint density at radius 2 is 1.76 bits per heavy atom. The number of carbonyl (C=O) groups is 1. The first kappa shape index (κ1) is 20.5. The van der Waals surface area contributed by atoms with Gasteiger partial charge in [-0.25, -0.2) is 5.43 Å². The molecule has 0 radical (unpaired) electrons. The van der Waals surface area contributed by atoms with Gasteiger partial charge in [-0.2, -0.15) is 5.10 Å². The van der Waals surface area contributed by atoms with Crippen molar-refractivity contribution in [3.8, 4) is 5.75 Å². The third kappa shape index (κ3) is 5.84. The molecule has 1 amide bonds. The monoisotopic (exact) mass is 548 g/mol. The summed E-state index contributed by atoms with van der Waals surface area (Å²) in [5.41, 5.74) is 5.50. The number of amides is 1. The summed E-state index contributed by atoms with van der Waals surface area (Å²) in [6.07, 6.45) is 1.52. The Bertz CT molecular complexity index is 818. The highest BCUT2D eigenvalue weighted by molar-refractivity contribution is 9.11. The second-order valence-corrected chi connectivity index (χ2v) is 8.86. The topological polar surface area (TPSA) is 61.7 Å². The van der Waals surface area contributed by atoms with Gasteiger partial charge in [-0.3, -0.25) is 4.79 Å². The average Bonchev–Trinajstić information content (AvgIpc) is 2.54. The lowest BCUT2D eigenvalue weighted by atomic mass is 10.2. The molecule has 4 nitrogen and oxygen atoms in total. The van der Waals surface area contributed by atoms with Gasteiger partial charge in [-0.05, 0) is 86.7 Å². The molecular weight excluding hydrogens is 536 g/mol. The number of benzene rings is 2. The van der Waals surface area contributed by atoms with E-state index in [2.05, 4.69) is 64.4 Å². The van der Waals surface area contributed by atoms with Crippen LogP contribution in [0, 0.1) is 13.8 Å². The number of hydrogen-bond donors (Lipinski definition) is 2. The molecule has 0 saturated carbocycles. The fraction of sp³-hybridized carbons (Fsp3) is 0.176. The molecule has 0 aliphatic rings. The number of nitrogens with zero attached hydrogens (tertiary/aromatic N) is 1. The second kappa shape index (κ2) is 9.21. The van der Waals surface area contributed by atoms with Gasteiger partial charge in [-0.1, -0.05) is 15.9 Å². The Labute approximate surface area is 175 Å². The molecule has 0 aliphatic heterocycles. The first-order valence-electron chi connectivity index (χ1n) is 7.17. The van der Waals surface area contributed by atoms with Crippen LogP contribution in [0.25, 0.3) is 0 Å². The van der Waals surface area contributed by atoms with Crippen LogP contribution in [0.4, 0.5) is 0 Å². The Morgan fingerprint density at radius 3 is 2.40 bits per heavy atom. The molecule has 0 heterocycles. The lowest BCUT2D eigenvalue weighted by molar-refractivity contribution is -0.118. The van der Waals surface area contributed by atoms with Crippen LogP contribution >= 0.6 is 59.6 Å². The maximum atomic E-state index is 11.9. The maximum Gasteiger partial charge on any atom is 0.250 e. The van der Waals surface area contributed by atoms with Crippen LogP contribution in [0.15, 0.2) is 47.7 Å². The average molecular weight is 551 g/mol. The number of phenols is 1. The number of halogens is 3. The lowest BCUT2D eigenvalue weighted by Crippen LogP contribution is -2.19. The highest BCUT2D eigenvalue weighted by Crippen LogP contribution is 2.32. The molecule has 2 rings (SSSR count). The standard InChI is InChI=1S/C17H15Br3N2O2S/c1-9-4-15(10(2)3-12(9)18)25-8-16(23)22-21-7-11-5-13(19)17(24)14(20)6-11/h3-7,24H,8H2,1-2H3,(H,22,23)/b21-7-. The van der Waals surface area contributed by atoms with E-state index >= 15 is 0 Å². The van der Waals surface area contributed by atoms with Crippen LogP contribution in [0.3, 0.4) is 0 Å². The zero-order chi connectivity index (χ0) is 18.6. The van der Waals surface area contributed by atoms with Crippen molar-refractivity contribution in [3.63, 3.8) is 0 Å². The Morgan fingerprint density at radius 1 is 1.12 bits per heavy atom. The van der Waals surface area contributed by atoms with Crippen LogP contribution in [0.5, 0.6) is 5.75 Å². The largest absolute Gasteiger partial charge is 0.506 e. The number of aryl methyl sites for hydroxylation is 2. The van der Waals surface area contributed by atoms with E-state index in [4.69, 9.17) is 0 Å². The van der Waals surface area contributed by atoms with Gasteiger partial charge >= 0.3 is 0 Å². The molecule has 0 aromatic heterocycles. The SMILES string of the molecule is Cc1cc(SCC(=O)N/N=C\c2cc(Br)c(O)c(Br)c2)c(C)cc1Br. The number of hydrazone groups is 1. The molecule has 0 saturated heterocycles. The minimum absolute atomic E-state index is 0.123. The summed E-state index contributed by atoms with van der Waals surface area (Å²) < 4.78 is 2.16. The summed E-state index contributed by atoms with van der Waals surface area (Å²) in [6, 6.07) is 7.53. The summed E-state index contributed by atoms with van der Waals surface area (Å²) >= 11 is 11.5. The molecule has 2 N–H and O–H groups in total. The van der Waals surface area contributed by atoms with Crippen molar-refractivity contribution in [1.29, 1.82) is 0 Å². The number of hydrogen-bond acceptors (Lipinski definition) is 4. The van der Waals surface area contributed by atoms with Crippen LogP contribution in [0.2, 0.25) is 0 Å². The zero-order valence-electron chi connectivity index (χ0n) is 13.4. The molecule has 2 aromatic rings. The van der Waals surface area contributed by atoms with Gasteiger partial charge in [0.25, 0.3) is 0 Å². The summed E-state index contributed by atoms with van der Waals surface area (Å²) in [4.78, 5) is 13.0. The van der Waals surface area contributed by atoms with Crippen LogP contribution in [0.1, 0.15) is 16.7 Å². The van der Waals surface area contributed by atoms with Gasteiger partial charge < -0.3 is 5.11 Å². The van der Waals surface area contributed by atoms with E-state index in [1.54, 1.807) is 12.1 Å². The molecule has 0 fully saturated rings. The normalized spacial score (nSPS) is 11.1. The van der Waals surface area contributed by atoms with Gasteiger partial charge in [0.2, 0.25) is 5.91 Å². The maximum absolute atomic E-state index is 11.9. The van der Waals surface area contributed by atoms with Crippen molar-refractivity contribution in [2.24, 2.45) is 5.10 Å². The third-order valence-electron chi connectivity index (χ3n) is 3.26. The number of nitrogens with one attached hydrogen (secondary N) is 1. The van der Waals surface area contributed by atoms with Crippen molar-refractivity contribution in [3.05, 3.63) is 54.4 Å². The Hall–Kier alpha value is -0.830. The third-order valence-corrected chi connectivity index (χ3v) is 6.48. The van der Waals surface area contributed by atoms with E-state index in [1.165, 1.54) is 18.0 Å². The molecule has 0 spiro atoms. The van der Waals surface area contributed by atoms with Crippen molar-refractivity contribution in [2.45, 2.75) is 18.7 Å². The molecule has 132 valence electrons. The molecule has 2 aromatic carbocycles. The summed E-state index contributed by atoms with van der Waals surface area (Å²) in [5, 5.41) is 13.6. The first-order chi connectivity index (χ1) is 11.8. The number of phenolic OH excluding ortho intramolecular Hbond substituents is 1. The quantitative estimate of drug-likeness (QED) is 0.292. The fourth-order valence-electron chi connectivity index (χ4n) is 1.92. The Balaban J connectivity index is 1.92. The molecule has 25 heavy (non-hydrogen) atoms. The molecule has 0 atom stereocenters. The second-order valence-electron chi connectivity index (χ2n) is 5.28. The van der Waals surface area contributed by atoms with Crippen LogP contribution in [-0.4, -0.2) is 23.0 Å². The van der Waals surface area contributed by atoms with E-state index in [0.29, 0.717) is 8.95 Å². The highest BCUT2D eigenvalue weighted by atomic mass is 79.9. The number of rotatable bonds is 5. The smallest absolute Gasteiger partial charge is 0.250 e. The predicted octanol–water partition coefficient (Wildman–Crippen LogP) is 5.54. The van der Waals surface area contributed by atoms with Crippen molar-refractivity contribution >= 4 is 71.7 Å². The molecule has 0 unspecified atom stereocenters. The molecule has 0 aliphatic carbocycles. The predicted molar refractivity (Wildman–Crippen MR) is 114 cm³/mol. The van der Waals surface area contributed by atoms with Gasteiger partial charge in [0.1, 0.15) is 5.75 Å². The van der Waals surface area contributed by atoms with E-state index in [1.807, 2.05) is 19.9 Å². The highest BCUT2D eigenvalue weighted by Gasteiger charge is 2.07.